The summed E-state index contributed by atoms with van der Waals surface area (Å²) in [5.41, 5.74) is 3.39. The second-order valence-corrected chi connectivity index (χ2v) is 5.05. The zero-order chi connectivity index (χ0) is 14.3. The van der Waals surface area contributed by atoms with Crippen molar-refractivity contribution in [1.82, 2.24) is 5.43 Å². The summed E-state index contributed by atoms with van der Waals surface area (Å²) in [6.07, 6.45) is 6.10. The van der Waals surface area contributed by atoms with E-state index in [9.17, 15) is 20.1 Å². The Labute approximate surface area is 115 Å². The van der Waals surface area contributed by atoms with Gasteiger partial charge in [-0.1, -0.05) is 12.2 Å². The van der Waals surface area contributed by atoms with E-state index in [0.29, 0.717) is 11.8 Å². The van der Waals surface area contributed by atoms with Crippen LogP contribution in [0.2, 0.25) is 0 Å². The van der Waals surface area contributed by atoms with Crippen molar-refractivity contribution in [1.29, 1.82) is 0 Å². The van der Waals surface area contributed by atoms with Crippen molar-refractivity contribution in [3.8, 4) is 17.2 Å². The molecule has 6 nitrogen and oxygen atoms in total. The van der Waals surface area contributed by atoms with Gasteiger partial charge >= 0.3 is 0 Å². The molecule has 3 rings (SSSR count). The van der Waals surface area contributed by atoms with Gasteiger partial charge in [0.1, 0.15) is 0 Å². The number of hydrogen-bond donors (Lipinski definition) is 4. The highest BCUT2D eigenvalue weighted by Gasteiger charge is 2.38. The molecule has 4 N–H and O–H groups in total. The molecular weight excluding hydrogens is 260 g/mol. The van der Waals surface area contributed by atoms with Crippen LogP contribution in [0.3, 0.4) is 0 Å². The number of rotatable bonds is 2. The third-order valence-electron chi connectivity index (χ3n) is 3.80. The Morgan fingerprint density at radius 3 is 2.60 bits per heavy atom. The first-order valence-electron chi connectivity index (χ1n) is 6.34. The van der Waals surface area contributed by atoms with Gasteiger partial charge in [-0.25, -0.2) is 5.43 Å². The molecule has 0 aliphatic heterocycles. The molecule has 1 aromatic rings. The number of phenolic OH excluding ortho intramolecular Hbond substituents is 3. The Bertz CT molecular complexity index is 613. The minimum Gasteiger partial charge on any atom is -0.504 e. The Balaban J connectivity index is 1.70. The van der Waals surface area contributed by atoms with Crippen LogP contribution in [0.4, 0.5) is 0 Å². The maximum absolute atomic E-state index is 11.9. The Kier molecular flexibility index (Phi) is 2.85. The summed E-state index contributed by atoms with van der Waals surface area (Å²) in [4.78, 5) is 11.9. The van der Waals surface area contributed by atoms with Gasteiger partial charge in [-0.3, -0.25) is 4.79 Å². The second-order valence-electron chi connectivity index (χ2n) is 5.05. The summed E-state index contributed by atoms with van der Waals surface area (Å²) < 4.78 is 0. The molecule has 0 saturated heterocycles. The molecule has 2 aliphatic rings. The number of carbonyl (C=O) groups is 1. The third kappa shape index (κ3) is 1.99. The number of phenols is 3. The number of hydrogen-bond acceptors (Lipinski definition) is 5. The number of nitrogens with one attached hydrogen (secondary N) is 1. The highest BCUT2D eigenvalue weighted by molar-refractivity contribution is 5.98. The molecule has 0 radical (unpaired) electrons. The average Bonchev–Trinajstić information content (AvgIpc) is 2.77. The topological polar surface area (TPSA) is 102 Å². The fraction of sp³-hybridized carbons (Fsp3) is 0.286. The van der Waals surface area contributed by atoms with Gasteiger partial charge in [0.15, 0.2) is 17.2 Å². The number of amides is 1. The first kappa shape index (κ1) is 12.5. The number of hydrazone groups is 1. The van der Waals surface area contributed by atoms with Gasteiger partial charge in [-0.05, 0) is 30.9 Å². The standard InChI is InChI=1S/C14H14N2O4/c17-11-5-8(6-12(18)13(11)19)14(20)16-15-10-4-7-2-1-3-9(7)10/h1-2,5-7,9,17-19H,3-4H2,(H,16,20). The molecule has 20 heavy (non-hydrogen) atoms. The lowest BCUT2D eigenvalue weighted by Crippen LogP contribution is -2.35. The van der Waals surface area contributed by atoms with Gasteiger partial charge in [-0.2, -0.15) is 5.10 Å². The predicted molar refractivity (Wildman–Crippen MR) is 71.7 cm³/mol. The highest BCUT2D eigenvalue weighted by Crippen LogP contribution is 2.40. The second kappa shape index (κ2) is 4.56. The summed E-state index contributed by atoms with van der Waals surface area (Å²) in [6, 6.07) is 2.15. The van der Waals surface area contributed by atoms with Crippen molar-refractivity contribution in [2.75, 3.05) is 0 Å². The van der Waals surface area contributed by atoms with Crippen molar-refractivity contribution in [2.24, 2.45) is 16.9 Å². The Morgan fingerprint density at radius 1 is 1.25 bits per heavy atom. The van der Waals surface area contributed by atoms with E-state index in [1.54, 1.807) is 0 Å². The zero-order valence-corrected chi connectivity index (χ0v) is 10.6. The summed E-state index contributed by atoms with van der Waals surface area (Å²) in [5, 5.41) is 32.0. The number of fused-ring (bicyclic) bond motifs is 1. The van der Waals surface area contributed by atoms with E-state index < -0.39 is 23.2 Å². The van der Waals surface area contributed by atoms with Crippen molar-refractivity contribution in [3.05, 3.63) is 29.8 Å². The van der Waals surface area contributed by atoms with E-state index in [1.165, 1.54) is 0 Å². The van der Waals surface area contributed by atoms with Gasteiger partial charge in [0.2, 0.25) is 0 Å². The van der Waals surface area contributed by atoms with Crippen molar-refractivity contribution in [3.63, 3.8) is 0 Å². The van der Waals surface area contributed by atoms with Gasteiger partial charge in [0.25, 0.3) is 5.91 Å². The average molecular weight is 274 g/mol. The molecule has 0 heterocycles. The molecule has 0 bridgehead atoms. The Morgan fingerprint density at radius 2 is 1.95 bits per heavy atom. The SMILES string of the molecule is O=C(NN=C1CC2C=CCC12)c1cc(O)c(O)c(O)c1. The van der Waals surface area contributed by atoms with Crippen LogP contribution >= 0.6 is 0 Å². The number of carbonyl (C=O) groups excluding carboxylic acids is 1. The van der Waals surface area contributed by atoms with Crippen molar-refractivity contribution in [2.45, 2.75) is 12.8 Å². The molecule has 104 valence electrons. The minimum atomic E-state index is -0.647. The smallest absolute Gasteiger partial charge is 0.271 e. The van der Waals surface area contributed by atoms with E-state index in [4.69, 9.17) is 0 Å². The fourth-order valence-corrected chi connectivity index (χ4v) is 2.59. The molecular formula is C14H14N2O4. The number of nitrogens with zero attached hydrogens (tertiary/aromatic N) is 1. The normalized spacial score (nSPS) is 25.3. The predicted octanol–water partition coefficient (Wildman–Crippen LogP) is 1.49. The molecule has 1 saturated carbocycles. The van der Waals surface area contributed by atoms with Gasteiger partial charge < -0.3 is 15.3 Å². The molecule has 0 spiro atoms. The molecule has 1 amide bonds. The van der Waals surface area contributed by atoms with Crippen LogP contribution in [0.25, 0.3) is 0 Å². The molecule has 1 aromatic carbocycles. The zero-order valence-electron chi connectivity index (χ0n) is 10.6. The largest absolute Gasteiger partial charge is 0.504 e. The van der Waals surface area contributed by atoms with E-state index >= 15 is 0 Å². The maximum Gasteiger partial charge on any atom is 0.271 e. The van der Waals surface area contributed by atoms with Gasteiger partial charge in [0.05, 0.1) is 0 Å². The first-order valence-corrected chi connectivity index (χ1v) is 6.34. The fourth-order valence-electron chi connectivity index (χ4n) is 2.59. The van der Waals surface area contributed by atoms with Crippen LogP contribution < -0.4 is 5.43 Å². The summed E-state index contributed by atoms with van der Waals surface area (Å²) >= 11 is 0. The summed E-state index contributed by atoms with van der Waals surface area (Å²) in [6.45, 7) is 0. The monoisotopic (exact) mass is 274 g/mol. The Hall–Kier alpha value is -2.50. The van der Waals surface area contributed by atoms with Gasteiger partial charge in [0, 0.05) is 17.2 Å². The molecule has 2 aliphatic carbocycles. The lowest BCUT2D eigenvalue weighted by Gasteiger charge is -2.31. The van der Waals surface area contributed by atoms with E-state index in [0.717, 1.165) is 30.7 Å². The third-order valence-corrected chi connectivity index (χ3v) is 3.80. The van der Waals surface area contributed by atoms with E-state index in [1.807, 2.05) is 0 Å². The highest BCUT2D eigenvalue weighted by atomic mass is 16.3. The quantitative estimate of drug-likeness (QED) is 0.372. The maximum atomic E-state index is 11.9. The lowest BCUT2D eigenvalue weighted by molar-refractivity contribution is 0.0953. The van der Waals surface area contributed by atoms with Crippen LogP contribution in [0.5, 0.6) is 17.2 Å². The molecule has 2 unspecified atom stereocenters. The first-order chi connectivity index (χ1) is 9.56. The van der Waals surface area contributed by atoms with Crippen LogP contribution in [-0.2, 0) is 0 Å². The lowest BCUT2D eigenvalue weighted by atomic mass is 9.74. The molecule has 0 aromatic heterocycles. The van der Waals surface area contributed by atoms with E-state index in [-0.39, 0.29) is 5.56 Å². The summed E-state index contributed by atoms with van der Waals surface area (Å²) in [7, 11) is 0. The molecule has 1 fully saturated rings. The molecule has 2 atom stereocenters. The van der Waals surface area contributed by atoms with Crippen LogP contribution in [0.1, 0.15) is 23.2 Å². The van der Waals surface area contributed by atoms with Crippen molar-refractivity contribution >= 4 is 11.6 Å². The van der Waals surface area contributed by atoms with Crippen LogP contribution in [0.15, 0.2) is 29.4 Å². The number of allylic oxidation sites excluding steroid dienone is 2. The molecule has 6 heteroatoms. The van der Waals surface area contributed by atoms with Gasteiger partial charge in [-0.15, -0.1) is 0 Å². The van der Waals surface area contributed by atoms with Crippen LogP contribution in [-0.4, -0.2) is 26.9 Å². The number of aromatic hydroxyl groups is 3. The summed E-state index contributed by atoms with van der Waals surface area (Å²) in [5.74, 6) is -1.34. The van der Waals surface area contributed by atoms with Crippen LogP contribution in [0, 0.1) is 11.8 Å². The minimum absolute atomic E-state index is 0.0302. The van der Waals surface area contributed by atoms with E-state index in [2.05, 4.69) is 22.7 Å². The van der Waals surface area contributed by atoms with Crippen molar-refractivity contribution < 1.29 is 20.1 Å². The number of benzene rings is 1.